The van der Waals surface area contributed by atoms with E-state index in [4.69, 9.17) is 17.4 Å². The monoisotopic (exact) mass is 525 g/mol. The second kappa shape index (κ2) is 12.4. The van der Waals surface area contributed by atoms with E-state index in [1.54, 1.807) is 48.5 Å². The number of aromatic amines is 1. The van der Waals surface area contributed by atoms with Crippen LogP contribution in [-0.4, -0.2) is 21.6 Å². The fourth-order valence-electron chi connectivity index (χ4n) is 3.68. The number of hydrogen-bond donors (Lipinski definition) is 4. The Hall–Kier alpha value is -4.92. The van der Waals surface area contributed by atoms with E-state index in [2.05, 4.69) is 10.4 Å². The van der Waals surface area contributed by atoms with Crippen LogP contribution in [-0.2, 0) is 0 Å². The molecule has 5 rings (SSSR count). The molecule has 4 aromatic carbocycles. The molecule has 2 amide bonds. The van der Waals surface area contributed by atoms with E-state index in [9.17, 15) is 14.4 Å². The van der Waals surface area contributed by atoms with E-state index < -0.39 is 11.6 Å². The maximum absolute atomic E-state index is 13.2. The number of carbonyl (C=O) groups excluding carboxylic acids is 2. The van der Waals surface area contributed by atoms with E-state index in [0.717, 1.165) is 11.3 Å². The quantitative estimate of drug-likeness (QED) is 0.106. The Morgan fingerprint density at radius 2 is 1.39 bits per heavy atom. The van der Waals surface area contributed by atoms with Gasteiger partial charge < -0.3 is 5.32 Å². The van der Waals surface area contributed by atoms with Crippen LogP contribution in [0.25, 0.3) is 16.9 Å². The van der Waals surface area contributed by atoms with Gasteiger partial charge in [-0.2, -0.15) is 0 Å². The fourth-order valence-corrected chi connectivity index (χ4v) is 3.87. The van der Waals surface area contributed by atoms with Gasteiger partial charge in [0, 0.05) is 21.8 Å². The molecule has 0 saturated carbocycles. The normalized spacial score (nSPS) is 10.2. The summed E-state index contributed by atoms with van der Waals surface area (Å²) in [5.74, 6) is 4.49. The zero-order valence-corrected chi connectivity index (χ0v) is 20.9. The molecule has 5 N–H and O–H groups in total. The summed E-state index contributed by atoms with van der Waals surface area (Å²) in [4.78, 5) is 36.9. The number of nitrogens with two attached hydrogens (primary N) is 1. The highest BCUT2D eigenvalue weighted by Crippen LogP contribution is 2.24. The first kappa shape index (κ1) is 26.2. The molecule has 5 aromatic rings. The summed E-state index contributed by atoms with van der Waals surface area (Å²) >= 11 is 6.03. The van der Waals surface area contributed by atoms with Crippen LogP contribution >= 0.6 is 11.6 Å². The van der Waals surface area contributed by atoms with Gasteiger partial charge in [-0.1, -0.05) is 90.5 Å². The number of carbonyl (C=O) groups is 2. The Balaban J connectivity index is 0.000000257. The predicted molar refractivity (Wildman–Crippen MR) is 149 cm³/mol. The molecule has 9 heteroatoms. The third-order valence-corrected chi connectivity index (χ3v) is 5.68. The molecule has 0 bridgehead atoms. The molecule has 1 aromatic heterocycles. The third-order valence-electron chi connectivity index (χ3n) is 5.44. The molecule has 0 aliphatic heterocycles. The molecular formula is C29H24ClN5O3. The summed E-state index contributed by atoms with van der Waals surface area (Å²) in [5, 5.41) is 6.06. The minimum Gasteiger partial charge on any atom is -0.307 e. The summed E-state index contributed by atoms with van der Waals surface area (Å²) in [6, 6.07) is 33.7. The number of rotatable bonds is 5. The number of anilines is 1. The zero-order chi connectivity index (χ0) is 26.9. The van der Waals surface area contributed by atoms with Gasteiger partial charge in [0.15, 0.2) is 0 Å². The molecule has 0 aliphatic rings. The number of amides is 2. The average molecular weight is 526 g/mol. The van der Waals surface area contributed by atoms with Gasteiger partial charge in [-0.15, -0.1) is 0 Å². The summed E-state index contributed by atoms with van der Waals surface area (Å²) in [6.45, 7) is 0. The Morgan fingerprint density at radius 3 is 2.00 bits per heavy atom. The molecule has 0 unspecified atom stereocenters. The van der Waals surface area contributed by atoms with E-state index in [1.807, 2.05) is 72.2 Å². The molecule has 38 heavy (non-hydrogen) atoms. The van der Waals surface area contributed by atoms with Crippen LogP contribution in [0.3, 0.4) is 0 Å². The van der Waals surface area contributed by atoms with Gasteiger partial charge in [-0.25, -0.2) is 15.3 Å². The zero-order valence-electron chi connectivity index (χ0n) is 20.1. The molecule has 8 nitrogen and oxygen atoms in total. The van der Waals surface area contributed by atoms with Crippen LogP contribution in [0.15, 0.2) is 120 Å². The van der Waals surface area contributed by atoms with Crippen molar-refractivity contribution >= 4 is 29.1 Å². The third kappa shape index (κ3) is 6.25. The second-order valence-corrected chi connectivity index (χ2v) is 8.44. The summed E-state index contributed by atoms with van der Waals surface area (Å²) < 4.78 is 1.39. The maximum atomic E-state index is 13.2. The lowest BCUT2D eigenvalue weighted by Gasteiger charge is -2.03. The number of ketones is 1. The van der Waals surface area contributed by atoms with Gasteiger partial charge in [0.25, 0.3) is 5.56 Å². The Labute approximate surface area is 223 Å². The largest absolute Gasteiger partial charge is 0.333 e. The first-order valence-corrected chi connectivity index (χ1v) is 11.9. The van der Waals surface area contributed by atoms with Crippen molar-refractivity contribution in [3.05, 3.63) is 142 Å². The minimum absolute atomic E-state index is 0.0901. The Bertz CT molecular complexity index is 1580. The number of H-pyrrole nitrogens is 1. The van der Waals surface area contributed by atoms with Crippen LogP contribution in [0.2, 0.25) is 5.02 Å². The molecule has 0 aliphatic carbocycles. The first-order chi connectivity index (χ1) is 18.5. The van der Waals surface area contributed by atoms with Gasteiger partial charge in [0.05, 0.1) is 11.4 Å². The summed E-state index contributed by atoms with van der Waals surface area (Å²) in [7, 11) is 0. The smallest absolute Gasteiger partial charge is 0.307 e. The van der Waals surface area contributed by atoms with Crippen molar-refractivity contribution < 1.29 is 9.59 Å². The molecular weight excluding hydrogens is 502 g/mol. The summed E-state index contributed by atoms with van der Waals surface area (Å²) in [6.07, 6.45) is 0. The average Bonchev–Trinajstić information content (AvgIpc) is 3.31. The molecule has 190 valence electrons. The number of halogens is 1. The van der Waals surface area contributed by atoms with Crippen LogP contribution in [0.4, 0.5) is 10.5 Å². The fraction of sp³-hybridized carbons (Fsp3) is 0. The standard InChI is InChI=1S/C22H15ClN2O2.C7H9N3O/c23-17-11-7-10-16(14-17)21(26)19-20(15-8-3-1-4-9-15)24-25(22(19)27)18-12-5-2-6-13-18;8-10-7(11)9-6-4-2-1-3-5-6/h1-14,24H;1-5H,8H2,(H2,9,10,11). The number of hydrazine groups is 1. The number of nitrogens with zero attached hydrogens (tertiary/aromatic N) is 1. The number of aromatic nitrogens is 2. The molecule has 0 spiro atoms. The lowest BCUT2D eigenvalue weighted by molar-refractivity contribution is 0.103. The van der Waals surface area contributed by atoms with Gasteiger partial charge in [-0.3, -0.25) is 20.1 Å². The lowest BCUT2D eigenvalue weighted by Crippen LogP contribution is -2.34. The van der Waals surface area contributed by atoms with Gasteiger partial charge in [0.1, 0.15) is 5.56 Å². The van der Waals surface area contributed by atoms with Gasteiger partial charge in [0.2, 0.25) is 5.78 Å². The topological polar surface area (TPSA) is 122 Å². The SMILES string of the molecule is NNC(=O)Nc1ccccc1.O=C(c1cccc(Cl)c1)c1c(-c2ccccc2)[nH]n(-c2ccccc2)c1=O. The van der Waals surface area contributed by atoms with Gasteiger partial charge in [-0.05, 0) is 36.4 Å². The number of benzene rings is 4. The van der Waals surface area contributed by atoms with Crippen molar-refractivity contribution in [3.63, 3.8) is 0 Å². The van der Waals surface area contributed by atoms with Crippen molar-refractivity contribution in [2.75, 3.05) is 5.32 Å². The number of nitrogens with one attached hydrogen (secondary N) is 3. The molecule has 0 radical (unpaired) electrons. The van der Waals surface area contributed by atoms with Crippen LogP contribution < -0.4 is 22.1 Å². The van der Waals surface area contributed by atoms with Crippen molar-refractivity contribution in [1.29, 1.82) is 0 Å². The van der Waals surface area contributed by atoms with Gasteiger partial charge >= 0.3 is 6.03 Å². The van der Waals surface area contributed by atoms with Crippen molar-refractivity contribution in [3.8, 4) is 16.9 Å². The number of urea groups is 1. The highest BCUT2D eigenvalue weighted by Gasteiger charge is 2.24. The van der Waals surface area contributed by atoms with Crippen LogP contribution in [0.1, 0.15) is 15.9 Å². The van der Waals surface area contributed by atoms with E-state index in [0.29, 0.717) is 22.0 Å². The molecule has 0 saturated heterocycles. The maximum Gasteiger partial charge on any atom is 0.333 e. The molecule has 1 heterocycles. The van der Waals surface area contributed by atoms with E-state index in [-0.39, 0.29) is 11.3 Å². The van der Waals surface area contributed by atoms with Crippen LogP contribution in [0.5, 0.6) is 0 Å². The summed E-state index contributed by atoms with van der Waals surface area (Å²) in [5.41, 5.74) is 4.64. The van der Waals surface area contributed by atoms with Crippen molar-refractivity contribution in [2.24, 2.45) is 5.84 Å². The highest BCUT2D eigenvalue weighted by molar-refractivity contribution is 6.31. The lowest BCUT2D eigenvalue weighted by atomic mass is 10.0. The number of hydrogen-bond acceptors (Lipinski definition) is 4. The number of para-hydroxylation sites is 2. The van der Waals surface area contributed by atoms with E-state index >= 15 is 0 Å². The van der Waals surface area contributed by atoms with E-state index in [1.165, 1.54) is 4.68 Å². The van der Waals surface area contributed by atoms with Crippen LogP contribution in [0, 0.1) is 0 Å². The molecule has 0 atom stereocenters. The highest BCUT2D eigenvalue weighted by atomic mass is 35.5. The van der Waals surface area contributed by atoms with Crippen molar-refractivity contribution in [2.45, 2.75) is 0 Å². The Morgan fingerprint density at radius 1 is 0.789 bits per heavy atom. The minimum atomic E-state index is -0.420. The second-order valence-electron chi connectivity index (χ2n) is 8.01. The van der Waals surface area contributed by atoms with Crippen molar-refractivity contribution in [1.82, 2.24) is 15.2 Å². The predicted octanol–water partition coefficient (Wildman–Crippen LogP) is 5.40. The first-order valence-electron chi connectivity index (χ1n) is 11.6. The Kier molecular flexibility index (Phi) is 8.50. The molecule has 0 fully saturated rings.